The molecule has 3 aromatic rings. The molecular weight excluding hydrogens is 478 g/mol. The summed E-state index contributed by atoms with van der Waals surface area (Å²) < 4.78 is 79.4. The number of anilines is 2. The molecule has 5 rings (SSSR count). The van der Waals surface area contributed by atoms with Gasteiger partial charge in [0, 0.05) is 37.7 Å². The summed E-state index contributed by atoms with van der Waals surface area (Å²) in [5.74, 6) is 0.749. The summed E-state index contributed by atoms with van der Waals surface area (Å²) in [6.07, 6.45) is -5.96. The van der Waals surface area contributed by atoms with Crippen molar-refractivity contribution < 1.29 is 26.3 Å². The van der Waals surface area contributed by atoms with Crippen LogP contribution in [0.5, 0.6) is 0 Å². The van der Waals surface area contributed by atoms with E-state index in [1.165, 1.54) is 13.1 Å². The molecule has 2 aliphatic rings. The highest BCUT2D eigenvalue weighted by Crippen LogP contribution is 2.42. The molecule has 0 amide bonds. The lowest BCUT2D eigenvalue weighted by Gasteiger charge is -2.25. The Labute approximate surface area is 196 Å². The Morgan fingerprint density at radius 1 is 0.914 bits per heavy atom. The summed E-state index contributed by atoms with van der Waals surface area (Å²) in [5, 5.41) is 3.94. The number of aromatic nitrogens is 6. The largest absolute Gasteiger partial charge is 0.433 e. The monoisotopic (exact) mass is 500 g/mol. The number of nitrogens with zero attached hydrogens (tertiary/aromatic N) is 8. The number of fused-ring (bicyclic) bond motifs is 1. The van der Waals surface area contributed by atoms with E-state index in [0.717, 1.165) is 23.6 Å². The van der Waals surface area contributed by atoms with E-state index in [-0.39, 0.29) is 22.7 Å². The predicted octanol–water partition coefficient (Wildman–Crippen LogP) is 3.92. The van der Waals surface area contributed by atoms with Crippen molar-refractivity contribution in [3.05, 3.63) is 29.5 Å². The van der Waals surface area contributed by atoms with Crippen molar-refractivity contribution in [3.8, 4) is 0 Å². The number of rotatable bonds is 3. The Hall–Kier alpha value is -3.19. The molecular formula is C21H22F6N8. The van der Waals surface area contributed by atoms with Gasteiger partial charge >= 0.3 is 12.4 Å². The van der Waals surface area contributed by atoms with Gasteiger partial charge in [-0.05, 0) is 26.7 Å². The van der Waals surface area contributed by atoms with E-state index < -0.39 is 24.6 Å². The van der Waals surface area contributed by atoms with Crippen molar-refractivity contribution in [2.24, 2.45) is 5.41 Å². The zero-order valence-electron chi connectivity index (χ0n) is 18.9. The Morgan fingerprint density at radius 3 is 2.20 bits per heavy atom. The molecule has 0 saturated carbocycles. The summed E-state index contributed by atoms with van der Waals surface area (Å²) in [6, 6.07) is 0.974. The SMILES string of the molecule is Cc1nc(N2CCC3(CCN(c4cnc5c(C)nn(CC(F)(F)F)c5n4)C3)C2)cc(C(F)(F)F)n1. The van der Waals surface area contributed by atoms with Crippen LogP contribution in [0.2, 0.25) is 0 Å². The van der Waals surface area contributed by atoms with Gasteiger partial charge in [0.05, 0.1) is 11.9 Å². The van der Waals surface area contributed by atoms with Crippen molar-refractivity contribution in [1.82, 2.24) is 29.7 Å². The lowest BCUT2D eigenvalue weighted by molar-refractivity contribution is -0.142. The third-order valence-corrected chi connectivity index (χ3v) is 6.57. The molecule has 0 radical (unpaired) electrons. The highest BCUT2D eigenvalue weighted by atomic mass is 19.4. The fourth-order valence-electron chi connectivity index (χ4n) is 4.97. The van der Waals surface area contributed by atoms with Crippen LogP contribution in [-0.4, -0.2) is 62.1 Å². The molecule has 188 valence electrons. The highest BCUT2D eigenvalue weighted by Gasteiger charge is 2.45. The molecule has 35 heavy (non-hydrogen) atoms. The molecule has 0 bridgehead atoms. The molecule has 3 aromatic heterocycles. The second-order valence-electron chi connectivity index (χ2n) is 9.26. The molecule has 1 unspecified atom stereocenters. The summed E-state index contributed by atoms with van der Waals surface area (Å²) in [5.41, 5.74) is -0.411. The van der Waals surface area contributed by atoms with Gasteiger partial charge in [-0.1, -0.05) is 0 Å². The Morgan fingerprint density at radius 2 is 1.57 bits per heavy atom. The summed E-state index contributed by atoms with van der Waals surface area (Å²) in [7, 11) is 0. The first-order valence-electron chi connectivity index (χ1n) is 11.0. The van der Waals surface area contributed by atoms with E-state index in [1.54, 1.807) is 6.92 Å². The van der Waals surface area contributed by atoms with Crippen LogP contribution in [0, 0.1) is 19.3 Å². The highest BCUT2D eigenvalue weighted by molar-refractivity contribution is 5.74. The molecule has 5 heterocycles. The Kier molecular flexibility index (Phi) is 5.33. The van der Waals surface area contributed by atoms with E-state index in [0.29, 0.717) is 43.2 Å². The first kappa shape index (κ1) is 23.5. The summed E-state index contributed by atoms with van der Waals surface area (Å²) >= 11 is 0. The van der Waals surface area contributed by atoms with Crippen molar-refractivity contribution in [3.63, 3.8) is 0 Å². The normalized spacial score (nSPS) is 21.1. The Bertz CT molecular complexity index is 1270. The van der Waals surface area contributed by atoms with Gasteiger partial charge in [-0.3, -0.25) is 0 Å². The van der Waals surface area contributed by atoms with E-state index >= 15 is 0 Å². The van der Waals surface area contributed by atoms with Gasteiger partial charge in [0.15, 0.2) is 5.65 Å². The molecule has 2 fully saturated rings. The van der Waals surface area contributed by atoms with Crippen molar-refractivity contribution in [1.29, 1.82) is 0 Å². The van der Waals surface area contributed by atoms with E-state index in [4.69, 9.17) is 0 Å². The molecule has 8 nitrogen and oxygen atoms in total. The van der Waals surface area contributed by atoms with Gasteiger partial charge in [0.1, 0.15) is 35.2 Å². The van der Waals surface area contributed by atoms with Crippen LogP contribution >= 0.6 is 0 Å². The average molecular weight is 500 g/mol. The third kappa shape index (κ3) is 4.57. The van der Waals surface area contributed by atoms with E-state index in [9.17, 15) is 26.3 Å². The van der Waals surface area contributed by atoms with Crippen LogP contribution in [0.15, 0.2) is 12.3 Å². The molecule has 0 N–H and O–H groups in total. The van der Waals surface area contributed by atoms with Crippen molar-refractivity contribution in [2.45, 2.75) is 45.6 Å². The maximum atomic E-state index is 13.2. The lowest BCUT2D eigenvalue weighted by atomic mass is 9.86. The average Bonchev–Trinajstić information content (AvgIpc) is 3.45. The molecule has 0 aromatic carbocycles. The minimum atomic E-state index is -4.56. The van der Waals surface area contributed by atoms with Crippen molar-refractivity contribution >= 4 is 22.8 Å². The van der Waals surface area contributed by atoms with E-state index in [1.807, 2.05) is 9.80 Å². The minimum Gasteiger partial charge on any atom is -0.356 e. The fourth-order valence-corrected chi connectivity index (χ4v) is 4.97. The van der Waals surface area contributed by atoms with Crippen LogP contribution in [-0.2, 0) is 12.7 Å². The maximum Gasteiger partial charge on any atom is 0.433 e. The maximum absolute atomic E-state index is 13.2. The van der Waals surface area contributed by atoms with Crippen LogP contribution in [0.4, 0.5) is 38.0 Å². The molecule has 1 atom stereocenters. The van der Waals surface area contributed by atoms with Crippen LogP contribution in [0.3, 0.4) is 0 Å². The second kappa shape index (κ2) is 7.92. The smallest absolute Gasteiger partial charge is 0.356 e. The number of halogens is 6. The second-order valence-corrected chi connectivity index (χ2v) is 9.26. The van der Waals surface area contributed by atoms with Gasteiger partial charge in [-0.25, -0.2) is 24.6 Å². The molecule has 1 spiro atoms. The zero-order chi connectivity index (χ0) is 25.2. The quantitative estimate of drug-likeness (QED) is 0.505. The number of aryl methyl sites for hydroxylation is 2. The van der Waals surface area contributed by atoms with Crippen LogP contribution < -0.4 is 9.80 Å². The number of alkyl halides is 6. The number of hydrogen-bond acceptors (Lipinski definition) is 7. The molecule has 2 aliphatic heterocycles. The summed E-state index contributed by atoms with van der Waals surface area (Å²) in [6.45, 7) is 3.99. The first-order valence-corrected chi connectivity index (χ1v) is 11.0. The predicted molar refractivity (Wildman–Crippen MR) is 114 cm³/mol. The van der Waals surface area contributed by atoms with Gasteiger partial charge in [0.25, 0.3) is 0 Å². The fraction of sp³-hybridized carbons (Fsp3) is 0.571. The first-order chi connectivity index (χ1) is 16.3. The molecule has 14 heteroatoms. The topological polar surface area (TPSA) is 75.9 Å². The van der Waals surface area contributed by atoms with Crippen molar-refractivity contribution in [2.75, 3.05) is 36.0 Å². The lowest BCUT2D eigenvalue weighted by Crippen LogP contribution is -2.31. The van der Waals surface area contributed by atoms with Crippen LogP contribution in [0.1, 0.15) is 30.1 Å². The van der Waals surface area contributed by atoms with Gasteiger partial charge in [0.2, 0.25) is 0 Å². The summed E-state index contributed by atoms with van der Waals surface area (Å²) in [4.78, 5) is 20.3. The van der Waals surface area contributed by atoms with Gasteiger partial charge < -0.3 is 9.80 Å². The molecule has 2 saturated heterocycles. The zero-order valence-corrected chi connectivity index (χ0v) is 18.9. The minimum absolute atomic E-state index is 0.0539. The van der Waals surface area contributed by atoms with E-state index in [2.05, 4.69) is 25.0 Å². The third-order valence-electron chi connectivity index (χ3n) is 6.57. The van der Waals surface area contributed by atoms with Gasteiger partial charge in [-0.15, -0.1) is 0 Å². The van der Waals surface area contributed by atoms with Crippen LogP contribution in [0.25, 0.3) is 11.2 Å². The van der Waals surface area contributed by atoms with Gasteiger partial charge in [-0.2, -0.15) is 31.4 Å². The Balaban J connectivity index is 1.36. The molecule has 0 aliphatic carbocycles. The number of hydrogen-bond donors (Lipinski definition) is 0. The standard InChI is InChI=1S/C21H22F6N8/c1-12-17-18(35(32-12)11-20(22,23)24)31-16(8-28-17)34-6-4-19(10-34)3-5-33(9-19)15-7-14(21(25,26)27)29-13(2)30-15/h7-8H,3-6,9-11H2,1-2H3.